The standard InChI is InChI=1S/C23H33N3O3/c1-5-28-12-13-29-22-14-18(2)6-11-21(22)16-26-23(24-3)25-15-19-7-9-20(10-8-19)17-27-4/h6-11,14H,5,12-13,15-17H2,1-4H3,(H2,24,25,26). The number of hydrogen-bond acceptors (Lipinski definition) is 4. The SMILES string of the molecule is CCOCCOc1cc(C)ccc1CNC(=NC)NCc1ccc(COC)cc1. The summed E-state index contributed by atoms with van der Waals surface area (Å²) in [4.78, 5) is 4.31. The van der Waals surface area contributed by atoms with Crippen molar-refractivity contribution in [3.8, 4) is 5.75 Å². The van der Waals surface area contributed by atoms with Gasteiger partial charge < -0.3 is 24.8 Å². The number of guanidine groups is 1. The van der Waals surface area contributed by atoms with Crippen LogP contribution in [0.5, 0.6) is 5.75 Å². The lowest BCUT2D eigenvalue weighted by atomic mass is 10.1. The molecule has 0 atom stereocenters. The zero-order valence-electron chi connectivity index (χ0n) is 18.0. The first-order chi connectivity index (χ1) is 14.2. The van der Waals surface area contributed by atoms with Gasteiger partial charge >= 0.3 is 0 Å². The third kappa shape index (κ3) is 8.13. The molecule has 6 heteroatoms. The highest BCUT2D eigenvalue weighted by molar-refractivity contribution is 5.79. The van der Waals surface area contributed by atoms with Crippen LogP contribution in [0.2, 0.25) is 0 Å². The summed E-state index contributed by atoms with van der Waals surface area (Å²) in [6, 6.07) is 14.6. The largest absolute Gasteiger partial charge is 0.491 e. The number of methoxy groups -OCH3 is 1. The number of nitrogens with one attached hydrogen (secondary N) is 2. The van der Waals surface area contributed by atoms with E-state index < -0.39 is 0 Å². The van der Waals surface area contributed by atoms with Crippen LogP contribution in [0.4, 0.5) is 0 Å². The molecule has 0 radical (unpaired) electrons. The fourth-order valence-electron chi connectivity index (χ4n) is 2.80. The smallest absolute Gasteiger partial charge is 0.191 e. The maximum absolute atomic E-state index is 5.91. The minimum atomic E-state index is 0.538. The Bertz CT molecular complexity index is 760. The van der Waals surface area contributed by atoms with Crippen LogP contribution in [0.25, 0.3) is 0 Å². The zero-order valence-corrected chi connectivity index (χ0v) is 18.0. The number of ether oxygens (including phenoxy) is 3. The Hall–Kier alpha value is -2.57. The van der Waals surface area contributed by atoms with Crippen molar-refractivity contribution < 1.29 is 14.2 Å². The van der Waals surface area contributed by atoms with E-state index in [1.807, 2.05) is 6.92 Å². The van der Waals surface area contributed by atoms with Crippen molar-refractivity contribution in [1.29, 1.82) is 0 Å². The van der Waals surface area contributed by atoms with E-state index in [2.05, 4.69) is 65.0 Å². The van der Waals surface area contributed by atoms with Crippen molar-refractivity contribution in [3.63, 3.8) is 0 Å². The molecule has 0 spiro atoms. The first-order valence-electron chi connectivity index (χ1n) is 9.97. The van der Waals surface area contributed by atoms with Crippen molar-refractivity contribution in [3.05, 3.63) is 64.7 Å². The normalized spacial score (nSPS) is 11.4. The third-order valence-electron chi connectivity index (χ3n) is 4.38. The maximum Gasteiger partial charge on any atom is 0.191 e. The molecule has 0 aliphatic carbocycles. The molecular weight excluding hydrogens is 366 g/mol. The van der Waals surface area contributed by atoms with E-state index in [0.717, 1.165) is 22.8 Å². The topological polar surface area (TPSA) is 64.1 Å². The maximum atomic E-state index is 5.91. The van der Waals surface area contributed by atoms with Crippen LogP contribution in [0.3, 0.4) is 0 Å². The number of benzene rings is 2. The summed E-state index contributed by atoms with van der Waals surface area (Å²) in [5.74, 6) is 1.62. The minimum absolute atomic E-state index is 0.538. The Balaban J connectivity index is 1.88. The second kappa shape index (κ2) is 12.8. The summed E-state index contributed by atoms with van der Waals surface area (Å²) < 4.78 is 16.4. The van der Waals surface area contributed by atoms with Gasteiger partial charge in [0.2, 0.25) is 0 Å². The molecule has 2 aromatic rings. The monoisotopic (exact) mass is 399 g/mol. The zero-order chi connectivity index (χ0) is 20.9. The Kier molecular flexibility index (Phi) is 10.0. The molecule has 2 N–H and O–H groups in total. The molecule has 6 nitrogen and oxygen atoms in total. The molecule has 0 saturated carbocycles. The van der Waals surface area contributed by atoms with Gasteiger partial charge in [0.15, 0.2) is 5.96 Å². The van der Waals surface area contributed by atoms with Crippen LogP contribution in [0, 0.1) is 6.92 Å². The van der Waals surface area contributed by atoms with E-state index in [-0.39, 0.29) is 0 Å². The molecule has 0 saturated heterocycles. The molecule has 2 rings (SSSR count). The highest BCUT2D eigenvalue weighted by atomic mass is 16.5. The third-order valence-corrected chi connectivity index (χ3v) is 4.38. The lowest BCUT2D eigenvalue weighted by Gasteiger charge is -2.16. The van der Waals surface area contributed by atoms with E-state index in [0.29, 0.717) is 39.5 Å². The van der Waals surface area contributed by atoms with Crippen LogP contribution in [0.15, 0.2) is 47.5 Å². The van der Waals surface area contributed by atoms with Crippen LogP contribution in [0.1, 0.15) is 29.2 Å². The van der Waals surface area contributed by atoms with Gasteiger partial charge in [-0.15, -0.1) is 0 Å². The summed E-state index contributed by atoms with van der Waals surface area (Å²) in [5, 5.41) is 6.70. The van der Waals surface area contributed by atoms with E-state index in [9.17, 15) is 0 Å². The first-order valence-corrected chi connectivity index (χ1v) is 9.97. The molecular formula is C23H33N3O3. The van der Waals surface area contributed by atoms with Crippen LogP contribution in [-0.2, 0) is 29.2 Å². The Morgan fingerprint density at radius 1 is 0.966 bits per heavy atom. The summed E-state index contributed by atoms with van der Waals surface area (Å²) >= 11 is 0. The van der Waals surface area contributed by atoms with Crippen molar-refractivity contribution >= 4 is 5.96 Å². The fraction of sp³-hybridized carbons (Fsp3) is 0.435. The molecule has 0 fully saturated rings. The highest BCUT2D eigenvalue weighted by Gasteiger charge is 2.06. The van der Waals surface area contributed by atoms with Crippen LogP contribution < -0.4 is 15.4 Å². The lowest BCUT2D eigenvalue weighted by Crippen LogP contribution is -2.36. The number of aryl methyl sites for hydroxylation is 1. The molecule has 2 aromatic carbocycles. The number of nitrogens with zero attached hydrogens (tertiary/aromatic N) is 1. The fourth-order valence-corrected chi connectivity index (χ4v) is 2.80. The molecule has 29 heavy (non-hydrogen) atoms. The first kappa shape index (κ1) is 22.7. The average Bonchev–Trinajstić information content (AvgIpc) is 2.74. The summed E-state index contributed by atoms with van der Waals surface area (Å²) in [6.45, 7) is 7.81. The predicted molar refractivity (Wildman–Crippen MR) is 117 cm³/mol. The number of aliphatic imine (C=N–C) groups is 1. The van der Waals surface area contributed by atoms with E-state index in [4.69, 9.17) is 14.2 Å². The Labute approximate surface area is 174 Å². The highest BCUT2D eigenvalue weighted by Crippen LogP contribution is 2.20. The molecule has 0 unspecified atom stereocenters. The molecule has 0 amide bonds. The molecule has 158 valence electrons. The van der Waals surface area contributed by atoms with Gasteiger partial charge in [-0.1, -0.05) is 36.4 Å². The van der Waals surface area contributed by atoms with E-state index in [1.165, 1.54) is 11.1 Å². The van der Waals surface area contributed by atoms with Crippen molar-refractivity contribution in [2.24, 2.45) is 4.99 Å². The van der Waals surface area contributed by atoms with Crippen LogP contribution >= 0.6 is 0 Å². The molecule has 0 aromatic heterocycles. The Morgan fingerprint density at radius 3 is 2.38 bits per heavy atom. The summed E-state index contributed by atoms with van der Waals surface area (Å²) in [6.07, 6.45) is 0. The Morgan fingerprint density at radius 2 is 1.69 bits per heavy atom. The summed E-state index contributed by atoms with van der Waals surface area (Å²) in [5.41, 5.74) is 4.59. The van der Waals surface area contributed by atoms with Gasteiger partial charge in [0.1, 0.15) is 12.4 Å². The second-order valence-electron chi connectivity index (χ2n) is 6.69. The van der Waals surface area contributed by atoms with Gasteiger partial charge in [0.25, 0.3) is 0 Å². The van der Waals surface area contributed by atoms with Gasteiger partial charge in [0, 0.05) is 39.4 Å². The second-order valence-corrected chi connectivity index (χ2v) is 6.69. The predicted octanol–water partition coefficient (Wildman–Crippen LogP) is 3.42. The van der Waals surface area contributed by atoms with Crippen molar-refractivity contribution in [1.82, 2.24) is 10.6 Å². The van der Waals surface area contributed by atoms with Gasteiger partial charge in [-0.2, -0.15) is 0 Å². The van der Waals surface area contributed by atoms with Crippen LogP contribution in [-0.4, -0.2) is 39.9 Å². The molecule has 0 aliphatic rings. The van der Waals surface area contributed by atoms with E-state index in [1.54, 1.807) is 14.2 Å². The van der Waals surface area contributed by atoms with Crippen molar-refractivity contribution in [2.45, 2.75) is 33.5 Å². The van der Waals surface area contributed by atoms with Gasteiger partial charge in [-0.05, 0) is 36.6 Å². The summed E-state index contributed by atoms with van der Waals surface area (Å²) in [7, 11) is 3.47. The average molecular weight is 400 g/mol. The molecule has 0 aliphatic heterocycles. The number of rotatable bonds is 11. The quantitative estimate of drug-likeness (QED) is 0.344. The number of hydrogen-bond donors (Lipinski definition) is 2. The van der Waals surface area contributed by atoms with Gasteiger partial charge in [0.05, 0.1) is 13.2 Å². The minimum Gasteiger partial charge on any atom is -0.491 e. The van der Waals surface area contributed by atoms with E-state index >= 15 is 0 Å². The molecule has 0 bridgehead atoms. The van der Waals surface area contributed by atoms with Crippen molar-refractivity contribution in [2.75, 3.05) is 34.0 Å². The lowest BCUT2D eigenvalue weighted by molar-refractivity contribution is 0.110. The molecule has 0 heterocycles. The van der Waals surface area contributed by atoms with Gasteiger partial charge in [-0.25, -0.2) is 0 Å². The van der Waals surface area contributed by atoms with Gasteiger partial charge in [-0.3, -0.25) is 4.99 Å².